The van der Waals surface area contributed by atoms with Crippen molar-refractivity contribution in [1.29, 1.82) is 0 Å². The van der Waals surface area contributed by atoms with E-state index in [1.54, 1.807) is 0 Å². The van der Waals surface area contributed by atoms with Gasteiger partial charge in [-0.25, -0.2) is 0 Å². The standard InChI is InChI=1S/C15H26N2O4/c1-16-9-4-5-13(16)6-10-17(11-7-14(18)20-2)12-8-15(19)21-3/h6H,4-5,7-12H2,1-3H3/b13-6+. The fourth-order valence-electron chi connectivity index (χ4n) is 2.32. The summed E-state index contributed by atoms with van der Waals surface area (Å²) in [6, 6.07) is 0. The van der Waals surface area contributed by atoms with Crippen molar-refractivity contribution >= 4 is 11.9 Å². The van der Waals surface area contributed by atoms with E-state index < -0.39 is 0 Å². The number of carbonyl (C=O) groups is 2. The first kappa shape index (κ1) is 17.5. The highest BCUT2D eigenvalue weighted by Gasteiger charge is 2.14. The highest BCUT2D eigenvalue weighted by Crippen LogP contribution is 2.18. The highest BCUT2D eigenvalue weighted by atomic mass is 16.5. The predicted molar refractivity (Wildman–Crippen MR) is 79.7 cm³/mol. The first-order chi connectivity index (χ1) is 10.1. The monoisotopic (exact) mass is 298 g/mol. The van der Waals surface area contributed by atoms with E-state index in [1.807, 2.05) is 0 Å². The number of rotatable bonds is 8. The average molecular weight is 298 g/mol. The van der Waals surface area contributed by atoms with Gasteiger partial charge in [0.25, 0.3) is 0 Å². The smallest absolute Gasteiger partial charge is 0.306 e. The largest absolute Gasteiger partial charge is 0.469 e. The van der Waals surface area contributed by atoms with E-state index in [4.69, 9.17) is 0 Å². The van der Waals surface area contributed by atoms with E-state index in [-0.39, 0.29) is 11.9 Å². The van der Waals surface area contributed by atoms with Crippen LogP contribution in [0.25, 0.3) is 0 Å². The molecular weight excluding hydrogens is 272 g/mol. The van der Waals surface area contributed by atoms with E-state index in [0.29, 0.717) is 25.9 Å². The topological polar surface area (TPSA) is 59.1 Å². The van der Waals surface area contributed by atoms with Gasteiger partial charge in [0, 0.05) is 38.9 Å². The molecule has 1 rings (SSSR count). The molecule has 1 fully saturated rings. The van der Waals surface area contributed by atoms with Crippen LogP contribution in [0, 0.1) is 0 Å². The molecule has 0 saturated carbocycles. The summed E-state index contributed by atoms with van der Waals surface area (Å²) in [5.74, 6) is -0.465. The van der Waals surface area contributed by atoms with Crippen LogP contribution in [0.4, 0.5) is 0 Å². The van der Waals surface area contributed by atoms with Gasteiger partial charge in [-0.1, -0.05) is 6.08 Å². The maximum atomic E-state index is 11.3. The third kappa shape index (κ3) is 6.62. The summed E-state index contributed by atoms with van der Waals surface area (Å²) in [7, 11) is 4.86. The molecule has 0 aromatic carbocycles. The molecule has 1 saturated heterocycles. The Hall–Kier alpha value is -1.56. The Morgan fingerprint density at radius 2 is 1.76 bits per heavy atom. The Kier molecular flexibility index (Phi) is 7.82. The van der Waals surface area contributed by atoms with Gasteiger partial charge < -0.3 is 14.4 Å². The first-order valence-corrected chi connectivity index (χ1v) is 7.33. The lowest BCUT2D eigenvalue weighted by Gasteiger charge is -2.21. The van der Waals surface area contributed by atoms with E-state index >= 15 is 0 Å². The van der Waals surface area contributed by atoms with Crippen LogP contribution in [0.3, 0.4) is 0 Å². The van der Waals surface area contributed by atoms with Crippen LogP contribution < -0.4 is 0 Å². The van der Waals surface area contributed by atoms with Gasteiger partial charge >= 0.3 is 11.9 Å². The van der Waals surface area contributed by atoms with Crippen molar-refractivity contribution < 1.29 is 19.1 Å². The van der Waals surface area contributed by atoms with Gasteiger partial charge in [-0.15, -0.1) is 0 Å². The summed E-state index contributed by atoms with van der Waals surface area (Å²) in [5.41, 5.74) is 1.33. The SMILES string of the molecule is COC(=O)CCN(C/C=C1\CCCN1C)CCC(=O)OC. The second-order valence-electron chi connectivity index (χ2n) is 5.17. The fourth-order valence-corrected chi connectivity index (χ4v) is 2.32. The summed E-state index contributed by atoms with van der Waals surface area (Å²) in [6.07, 6.45) is 5.12. The molecule has 6 nitrogen and oxygen atoms in total. The maximum Gasteiger partial charge on any atom is 0.306 e. The normalized spacial score (nSPS) is 16.6. The Balaban J connectivity index is 2.49. The Bertz CT molecular complexity index is 362. The van der Waals surface area contributed by atoms with Crippen molar-refractivity contribution in [1.82, 2.24) is 9.80 Å². The van der Waals surface area contributed by atoms with Crippen LogP contribution in [-0.2, 0) is 19.1 Å². The van der Waals surface area contributed by atoms with Crippen LogP contribution in [0.15, 0.2) is 11.8 Å². The Morgan fingerprint density at radius 1 is 1.19 bits per heavy atom. The third-order valence-electron chi connectivity index (χ3n) is 3.72. The number of hydrogen-bond acceptors (Lipinski definition) is 6. The number of allylic oxidation sites excluding steroid dienone is 1. The molecule has 21 heavy (non-hydrogen) atoms. The molecule has 0 aromatic rings. The van der Waals surface area contributed by atoms with Crippen molar-refractivity contribution in [3.63, 3.8) is 0 Å². The summed E-state index contributed by atoms with van der Waals surface area (Å²) in [4.78, 5) is 26.8. The molecule has 0 radical (unpaired) electrons. The maximum absolute atomic E-state index is 11.3. The van der Waals surface area contributed by atoms with E-state index in [1.165, 1.54) is 26.3 Å². The third-order valence-corrected chi connectivity index (χ3v) is 3.72. The van der Waals surface area contributed by atoms with Gasteiger partial charge in [-0.05, 0) is 12.8 Å². The number of methoxy groups -OCH3 is 2. The van der Waals surface area contributed by atoms with Crippen molar-refractivity contribution in [2.24, 2.45) is 0 Å². The molecule has 0 bridgehead atoms. The number of nitrogens with zero attached hydrogens (tertiary/aromatic N) is 2. The molecule has 0 N–H and O–H groups in total. The second kappa shape index (κ2) is 9.39. The number of carbonyl (C=O) groups excluding carboxylic acids is 2. The van der Waals surface area contributed by atoms with Gasteiger partial charge in [0.05, 0.1) is 27.1 Å². The van der Waals surface area contributed by atoms with Gasteiger partial charge in [0.15, 0.2) is 0 Å². The summed E-state index contributed by atoms with van der Waals surface area (Å²) < 4.78 is 9.32. The Morgan fingerprint density at radius 3 is 2.19 bits per heavy atom. The number of esters is 2. The van der Waals surface area contributed by atoms with Crippen molar-refractivity contribution in [3.05, 3.63) is 11.8 Å². The van der Waals surface area contributed by atoms with Crippen LogP contribution in [0.2, 0.25) is 0 Å². The lowest BCUT2D eigenvalue weighted by molar-refractivity contribution is -0.141. The van der Waals surface area contributed by atoms with Crippen LogP contribution >= 0.6 is 0 Å². The molecule has 120 valence electrons. The van der Waals surface area contributed by atoms with Crippen LogP contribution in [0.5, 0.6) is 0 Å². The fraction of sp³-hybridized carbons (Fsp3) is 0.733. The minimum Gasteiger partial charge on any atom is -0.469 e. The zero-order valence-corrected chi connectivity index (χ0v) is 13.3. The summed E-state index contributed by atoms with van der Waals surface area (Å²) >= 11 is 0. The molecule has 0 aromatic heterocycles. The lowest BCUT2D eigenvalue weighted by Crippen LogP contribution is -2.30. The predicted octanol–water partition coefficient (Wildman–Crippen LogP) is 1.02. The van der Waals surface area contributed by atoms with E-state index in [0.717, 1.165) is 19.5 Å². The zero-order valence-electron chi connectivity index (χ0n) is 13.3. The molecule has 0 atom stereocenters. The summed E-state index contributed by atoms with van der Waals surface area (Å²) in [5, 5.41) is 0. The lowest BCUT2D eigenvalue weighted by atomic mass is 10.2. The minimum atomic E-state index is -0.233. The van der Waals surface area contributed by atoms with Gasteiger partial charge in [0.1, 0.15) is 0 Å². The average Bonchev–Trinajstić information content (AvgIpc) is 2.90. The molecule has 0 amide bonds. The van der Waals surface area contributed by atoms with Crippen LogP contribution in [-0.4, -0.2) is 69.2 Å². The Labute approximate surface area is 126 Å². The van der Waals surface area contributed by atoms with Gasteiger partial charge in [-0.2, -0.15) is 0 Å². The number of likely N-dealkylation sites (tertiary alicyclic amines) is 1. The highest BCUT2D eigenvalue weighted by molar-refractivity contribution is 5.70. The first-order valence-electron chi connectivity index (χ1n) is 7.33. The summed E-state index contributed by atoms with van der Waals surface area (Å²) in [6.45, 7) is 2.98. The number of hydrogen-bond donors (Lipinski definition) is 0. The van der Waals surface area contributed by atoms with E-state index in [9.17, 15) is 9.59 Å². The molecule has 1 aliphatic heterocycles. The van der Waals surface area contributed by atoms with Crippen molar-refractivity contribution in [2.75, 3.05) is 47.4 Å². The number of ether oxygens (including phenoxy) is 2. The molecule has 6 heteroatoms. The molecule has 0 unspecified atom stereocenters. The zero-order chi connectivity index (χ0) is 15.7. The molecule has 1 heterocycles. The van der Waals surface area contributed by atoms with Gasteiger partial charge in [0.2, 0.25) is 0 Å². The van der Waals surface area contributed by atoms with Gasteiger partial charge in [-0.3, -0.25) is 14.5 Å². The van der Waals surface area contributed by atoms with Crippen molar-refractivity contribution in [2.45, 2.75) is 25.7 Å². The van der Waals surface area contributed by atoms with E-state index in [2.05, 4.69) is 32.4 Å². The molecule has 1 aliphatic rings. The van der Waals surface area contributed by atoms with Crippen molar-refractivity contribution in [3.8, 4) is 0 Å². The molecular formula is C15H26N2O4. The second-order valence-corrected chi connectivity index (χ2v) is 5.17. The molecule has 0 spiro atoms. The minimum absolute atomic E-state index is 0.233. The quantitative estimate of drug-likeness (QED) is 0.624. The van der Waals surface area contributed by atoms with Crippen LogP contribution in [0.1, 0.15) is 25.7 Å². The molecule has 0 aliphatic carbocycles.